The van der Waals surface area contributed by atoms with Crippen molar-refractivity contribution in [1.82, 2.24) is 4.98 Å². The Balaban J connectivity index is 2.09. The van der Waals surface area contributed by atoms with Gasteiger partial charge in [0.2, 0.25) is 0 Å². The molecule has 4 nitrogen and oxygen atoms in total. The molecule has 0 unspecified atom stereocenters. The topological polar surface area (TPSA) is 42.4 Å². The monoisotopic (exact) mass is 220 g/mol. The molecule has 1 saturated heterocycles. The fourth-order valence-corrected chi connectivity index (χ4v) is 1.74. The van der Waals surface area contributed by atoms with E-state index in [4.69, 9.17) is 4.74 Å². The molecule has 2 rings (SSSR count). The van der Waals surface area contributed by atoms with Gasteiger partial charge in [-0.05, 0) is 12.1 Å². The van der Waals surface area contributed by atoms with Gasteiger partial charge in [-0.3, -0.25) is 9.78 Å². The molecule has 0 aromatic carbocycles. The van der Waals surface area contributed by atoms with E-state index >= 15 is 0 Å². The summed E-state index contributed by atoms with van der Waals surface area (Å²) in [5, 5.41) is 0. The van der Waals surface area contributed by atoms with E-state index in [0.717, 1.165) is 32.0 Å². The lowest BCUT2D eigenvalue weighted by atomic mass is 10.2. The lowest BCUT2D eigenvalue weighted by molar-refractivity contribution is 0.0983. The second-order valence-corrected chi connectivity index (χ2v) is 3.78. The lowest BCUT2D eigenvalue weighted by Crippen LogP contribution is -2.36. The first kappa shape index (κ1) is 11.1. The van der Waals surface area contributed by atoms with Gasteiger partial charge in [-0.1, -0.05) is 6.92 Å². The van der Waals surface area contributed by atoms with E-state index in [1.807, 2.05) is 13.0 Å². The van der Waals surface area contributed by atoms with Crippen molar-refractivity contribution < 1.29 is 9.53 Å². The number of Topliss-reactive ketones (excluding diaryl/α,β-unsaturated/α-hetero) is 1. The molecule has 0 N–H and O–H groups in total. The molecule has 0 saturated carbocycles. The predicted octanol–water partition coefficient (Wildman–Crippen LogP) is 1.51. The molecular formula is C12H16N2O2. The minimum atomic E-state index is 0.0912. The van der Waals surface area contributed by atoms with Crippen LogP contribution in [0.15, 0.2) is 18.3 Å². The molecule has 1 fully saturated rings. The standard InChI is InChI=1S/C12H16N2O2/c1-2-12(15)11-4-3-10(9-13-11)14-5-7-16-8-6-14/h3-4,9H,2,5-8H2,1H3. The first-order valence-electron chi connectivity index (χ1n) is 5.63. The van der Waals surface area contributed by atoms with E-state index in [9.17, 15) is 4.79 Å². The average Bonchev–Trinajstić information content (AvgIpc) is 2.39. The smallest absolute Gasteiger partial charge is 0.180 e. The summed E-state index contributed by atoms with van der Waals surface area (Å²) in [7, 11) is 0. The number of nitrogens with zero attached hydrogens (tertiary/aromatic N) is 2. The number of hydrogen-bond donors (Lipinski definition) is 0. The largest absolute Gasteiger partial charge is 0.378 e. The Kier molecular flexibility index (Phi) is 3.51. The first-order valence-corrected chi connectivity index (χ1v) is 5.63. The van der Waals surface area contributed by atoms with Crippen molar-refractivity contribution in [2.45, 2.75) is 13.3 Å². The van der Waals surface area contributed by atoms with Crippen LogP contribution in [0.1, 0.15) is 23.8 Å². The molecule has 4 heteroatoms. The summed E-state index contributed by atoms with van der Waals surface area (Å²) < 4.78 is 5.28. The Morgan fingerprint density at radius 2 is 2.19 bits per heavy atom. The van der Waals surface area contributed by atoms with Crippen LogP contribution in [0.3, 0.4) is 0 Å². The van der Waals surface area contributed by atoms with Gasteiger partial charge in [-0.2, -0.15) is 0 Å². The number of hydrogen-bond acceptors (Lipinski definition) is 4. The Labute approximate surface area is 95.2 Å². The molecule has 0 radical (unpaired) electrons. The second-order valence-electron chi connectivity index (χ2n) is 3.78. The van der Waals surface area contributed by atoms with Crippen LogP contribution in [0.25, 0.3) is 0 Å². The maximum atomic E-state index is 11.4. The van der Waals surface area contributed by atoms with E-state index in [-0.39, 0.29) is 5.78 Å². The van der Waals surface area contributed by atoms with E-state index < -0.39 is 0 Å². The van der Waals surface area contributed by atoms with Crippen molar-refractivity contribution in [2.75, 3.05) is 31.2 Å². The first-order chi connectivity index (χ1) is 7.81. The third-order valence-electron chi connectivity index (χ3n) is 2.73. The minimum Gasteiger partial charge on any atom is -0.378 e. The summed E-state index contributed by atoms with van der Waals surface area (Å²) in [5.74, 6) is 0.0912. The molecule has 1 aromatic rings. The van der Waals surface area contributed by atoms with E-state index in [1.165, 1.54) is 0 Å². The molecule has 16 heavy (non-hydrogen) atoms. The lowest BCUT2D eigenvalue weighted by Gasteiger charge is -2.28. The van der Waals surface area contributed by atoms with Crippen LogP contribution in [0.2, 0.25) is 0 Å². The van der Waals surface area contributed by atoms with Gasteiger partial charge in [0.1, 0.15) is 5.69 Å². The normalized spacial score (nSPS) is 16.2. The van der Waals surface area contributed by atoms with Crippen LogP contribution < -0.4 is 4.90 Å². The number of rotatable bonds is 3. The molecule has 1 aliphatic rings. The third-order valence-corrected chi connectivity index (χ3v) is 2.73. The highest BCUT2D eigenvalue weighted by molar-refractivity contribution is 5.94. The van der Waals surface area contributed by atoms with Gasteiger partial charge in [-0.15, -0.1) is 0 Å². The molecule has 0 bridgehead atoms. The molecule has 0 aliphatic carbocycles. The zero-order valence-corrected chi connectivity index (χ0v) is 9.48. The van der Waals surface area contributed by atoms with E-state index in [1.54, 1.807) is 12.3 Å². The fourth-order valence-electron chi connectivity index (χ4n) is 1.74. The summed E-state index contributed by atoms with van der Waals surface area (Å²) in [6, 6.07) is 3.76. The summed E-state index contributed by atoms with van der Waals surface area (Å²) >= 11 is 0. The molecule has 0 amide bonds. The van der Waals surface area contributed by atoms with Gasteiger partial charge in [0.05, 0.1) is 25.1 Å². The number of ether oxygens (including phenoxy) is 1. The Bertz CT molecular complexity index is 356. The molecular weight excluding hydrogens is 204 g/mol. The highest BCUT2D eigenvalue weighted by atomic mass is 16.5. The summed E-state index contributed by atoms with van der Waals surface area (Å²) in [6.07, 6.45) is 2.28. The van der Waals surface area contributed by atoms with Crippen LogP contribution in [0.4, 0.5) is 5.69 Å². The van der Waals surface area contributed by atoms with Crippen molar-refractivity contribution in [3.05, 3.63) is 24.0 Å². The summed E-state index contributed by atoms with van der Waals surface area (Å²) in [6.45, 7) is 5.15. The molecule has 86 valence electrons. The predicted molar refractivity (Wildman–Crippen MR) is 61.9 cm³/mol. The Hall–Kier alpha value is -1.42. The molecule has 0 spiro atoms. The van der Waals surface area contributed by atoms with Crippen molar-refractivity contribution in [2.24, 2.45) is 0 Å². The fraction of sp³-hybridized carbons (Fsp3) is 0.500. The second kappa shape index (κ2) is 5.07. The average molecular weight is 220 g/mol. The zero-order valence-electron chi connectivity index (χ0n) is 9.48. The molecule has 1 aromatic heterocycles. The maximum absolute atomic E-state index is 11.4. The number of aromatic nitrogens is 1. The van der Waals surface area contributed by atoms with Gasteiger partial charge in [0, 0.05) is 19.5 Å². The highest BCUT2D eigenvalue weighted by Crippen LogP contribution is 2.15. The molecule has 1 aliphatic heterocycles. The highest BCUT2D eigenvalue weighted by Gasteiger charge is 2.12. The number of morpholine rings is 1. The van der Waals surface area contributed by atoms with Crippen LogP contribution in [0, 0.1) is 0 Å². The van der Waals surface area contributed by atoms with Crippen molar-refractivity contribution in [3.63, 3.8) is 0 Å². The quantitative estimate of drug-likeness (QED) is 0.724. The number of ketones is 1. The Morgan fingerprint density at radius 3 is 2.75 bits per heavy atom. The zero-order chi connectivity index (χ0) is 11.4. The Morgan fingerprint density at radius 1 is 1.44 bits per heavy atom. The van der Waals surface area contributed by atoms with Gasteiger partial charge < -0.3 is 9.64 Å². The van der Waals surface area contributed by atoms with Crippen LogP contribution >= 0.6 is 0 Å². The molecule has 0 atom stereocenters. The SMILES string of the molecule is CCC(=O)c1ccc(N2CCOCC2)cn1. The minimum absolute atomic E-state index is 0.0912. The summed E-state index contributed by atoms with van der Waals surface area (Å²) in [4.78, 5) is 17.8. The van der Waals surface area contributed by atoms with Gasteiger partial charge in [-0.25, -0.2) is 0 Å². The van der Waals surface area contributed by atoms with Crippen molar-refractivity contribution in [1.29, 1.82) is 0 Å². The molecule has 2 heterocycles. The summed E-state index contributed by atoms with van der Waals surface area (Å²) in [5.41, 5.74) is 1.62. The third kappa shape index (κ3) is 2.39. The van der Waals surface area contributed by atoms with Crippen molar-refractivity contribution in [3.8, 4) is 0 Å². The van der Waals surface area contributed by atoms with Crippen LogP contribution in [-0.4, -0.2) is 37.1 Å². The van der Waals surface area contributed by atoms with E-state index in [2.05, 4.69) is 9.88 Å². The van der Waals surface area contributed by atoms with Gasteiger partial charge in [0.15, 0.2) is 5.78 Å². The van der Waals surface area contributed by atoms with E-state index in [0.29, 0.717) is 12.1 Å². The number of carbonyl (C=O) groups excluding carboxylic acids is 1. The van der Waals surface area contributed by atoms with Gasteiger partial charge >= 0.3 is 0 Å². The van der Waals surface area contributed by atoms with Crippen LogP contribution in [0.5, 0.6) is 0 Å². The number of anilines is 1. The van der Waals surface area contributed by atoms with Crippen molar-refractivity contribution >= 4 is 11.5 Å². The number of pyridine rings is 1. The van der Waals surface area contributed by atoms with Gasteiger partial charge in [0.25, 0.3) is 0 Å². The number of carbonyl (C=O) groups is 1. The van der Waals surface area contributed by atoms with Crippen LogP contribution in [-0.2, 0) is 4.74 Å². The maximum Gasteiger partial charge on any atom is 0.180 e.